The number of hydrogen-bond donors (Lipinski definition) is 2. The lowest BCUT2D eigenvalue weighted by Gasteiger charge is -2.17. The summed E-state index contributed by atoms with van der Waals surface area (Å²) in [5.74, 6) is -0.0296. The molecule has 0 radical (unpaired) electrons. The van der Waals surface area contributed by atoms with E-state index in [1.165, 1.54) is 23.9 Å². The predicted molar refractivity (Wildman–Crippen MR) is 122 cm³/mol. The molecule has 31 heavy (non-hydrogen) atoms. The molecule has 3 N–H and O–H groups in total. The lowest BCUT2D eigenvalue weighted by molar-refractivity contribution is -0.120. The summed E-state index contributed by atoms with van der Waals surface area (Å²) >= 11 is 1.39. The summed E-state index contributed by atoms with van der Waals surface area (Å²) in [6.07, 6.45) is 3.98. The summed E-state index contributed by atoms with van der Waals surface area (Å²) in [5, 5.41) is 8.65. The quantitative estimate of drug-likeness (QED) is 0.477. The molecule has 3 aromatic rings. The van der Waals surface area contributed by atoms with Crippen LogP contribution in [0.1, 0.15) is 43.4 Å². The third-order valence-electron chi connectivity index (χ3n) is 5.24. The Morgan fingerprint density at radius 2 is 2.00 bits per heavy atom. The number of hydrogen-bond acceptors (Lipinski definition) is 5. The third-order valence-corrected chi connectivity index (χ3v) is 7.39. The highest BCUT2D eigenvalue weighted by molar-refractivity contribution is 8.00. The van der Waals surface area contributed by atoms with Gasteiger partial charge in [0.25, 0.3) is 0 Å². The van der Waals surface area contributed by atoms with Crippen molar-refractivity contribution in [3.63, 3.8) is 0 Å². The molecule has 1 aliphatic rings. The van der Waals surface area contributed by atoms with Crippen LogP contribution in [-0.2, 0) is 21.4 Å². The number of rotatable bonds is 9. The van der Waals surface area contributed by atoms with Gasteiger partial charge < -0.3 is 9.88 Å². The van der Waals surface area contributed by atoms with Crippen molar-refractivity contribution in [2.45, 2.75) is 60.5 Å². The number of nitrogens with zero attached hydrogens (tertiary/aromatic N) is 2. The number of amides is 1. The smallest absolute Gasteiger partial charge is 0.238 e. The van der Waals surface area contributed by atoms with Crippen molar-refractivity contribution in [1.82, 2.24) is 14.9 Å². The van der Waals surface area contributed by atoms with Crippen molar-refractivity contribution in [3.8, 4) is 0 Å². The van der Waals surface area contributed by atoms with E-state index in [0.29, 0.717) is 10.7 Å². The minimum Gasteiger partial charge on any atom is -0.352 e. The van der Waals surface area contributed by atoms with E-state index in [-0.39, 0.29) is 16.8 Å². The van der Waals surface area contributed by atoms with Gasteiger partial charge in [-0.15, -0.1) is 0 Å². The van der Waals surface area contributed by atoms with E-state index in [9.17, 15) is 13.2 Å². The molecule has 1 aromatic heterocycles. The molecule has 1 atom stereocenters. The predicted octanol–water partition coefficient (Wildman–Crippen LogP) is 3.60. The van der Waals surface area contributed by atoms with Gasteiger partial charge in [0.05, 0.1) is 15.9 Å². The molecule has 2 aromatic carbocycles. The second-order valence-electron chi connectivity index (χ2n) is 7.79. The van der Waals surface area contributed by atoms with Crippen LogP contribution >= 0.6 is 11.8 Å². The summed E-state index contributed by atoms with van der Waals surface area (Å²) in [4.78, 5) is 17.8. The summed E-state index contributed by atoms with van der Waals surface area (Å²) in [5.41, 5.74) is 2.29. The van der Waals surface area contributed by atoms with Crippen LogP contribution in [0.25, 0.3) is 11.0 Å². The molecule has 7 nitrogen and oxygen atoms in total. The molecule has 1 fully saturated rings. The number of thioether (sulfide) groups is 1. The van der Waals surface area contributed by atoms with E-state index in [2.05, 4.69) is 16.8 Å². The Morgan fingerprint density at radius 3 is 2.65 bits per heavy atom. The first kappa shape index (κ1) is 21.9. The van der Waals surface area contributed by atoms with E-state index < -0.39 is 15.3 Å². The average Bonchev–Trinajstić information content (AvgIpc) is 3.49. The zero-order chi connectivity index (χ0) is 22.0. The Balaban J connectivity index is 1.74. The van der Waals surface area contributed by atoms with Crippen molar-refractivity contribution in [2.24, 2.45) is 5.14 Å². The lowest BCUT2D eigenvalue weighted by Crippen LogP contribution is -2.30. The SMILES string of the molecule is CCCCn1c(SC(C(=O)NC2CC2)c2ccccc2)nc2cc(S(N)(=O)=O)ccc21. The van der Waals surface area contributed by atoms with E-state index >= 15 is 0 Å². The molecule has 164 valence electrons. The van der Waals surface area contributed by atoms with Gasteiger partial charge in [-0.1, -0.05) is 55.4 Å². The zero-order valence-corrected chi connectivity index (χ0v) is 19.0. The van der Waals surface area contributed by atoms with Gasteiger partial charge in [-0.25, -0.2) is 18.5 Å². The second kappa shape index (κ2) is 9.02. The maximum atomic E-state index is 13.1. The van der Waals surface area contributed by atoms with Crippen LogP contribution < -0.4 is 10.5 Å². The maximum absolute atomic E-state index is 13.1. The van der Waals surface area contributed by atoms with Crippen LogP contribution in [0.3, 0.4) is 0 Å². The van der Waals surface area contributed by atoms with E-state index in [4.69, 9.17) is 10.1 Å². The van der Waals surface area contributed by atoms with Gasteiger partial charge in [-0.2, -0.15) is 0 Å². The van der Waals surface area contributed by atoms with Gasteiger partial charge in [0.15, 0.2) is 5.16 Å². The first-order valence-corrected chi connectivity index (χ1v) is 12.8. The highest BCUT2D eigenvalue weighted by atomic mass is 32.2. The van der Waals surface area contributed by atoms with Gasteiger partial charge in [0.2, 0.25) is 15.9 Å². The fourth-order valence-corrected chi connectivity index (χ4v) is 5.08. The summed E-state index contributed by atoms with van der Waals surface area (Å²) in [6, 6.07) is 14.7. The number of nitrogens with one attached hydrogen (secondary N) is 1. The lowest BCUT2D eigenvalue weighted by atomic mass is 10.1. The molecule has 1 unspecified atom stereocenters. The number of aromatic nitrogens is 2. The molecule has 9 heteroatoms. The molecule has 1 heterocycles. The van der Waals surface area contributed by atoms with Crippen molar-refractivity contribution in [2.75, 3.05) is 0 Å². The largest absolute Gasteiger partial charge is 0.352 e. The molecular weight excluding hydrogens is 432 g/mol. The molecule has 0 saturated heterocycles. The number of sulfonamides is 1. The third kappa shape index (κ3) is 5.11. The fraction of sp³-hybridized carbons (Fsp3) is 0.364. The van der Waals surface area contributed by atoms with Crippen molar-refractivity contribution in [1.29, 1.82) is 0 Å². The first-order chi connectivity index (χ1) is 14.9. The topological polar surface area (TPSA) is 107 Å². The number of carbonyl (C=O) groups excluding carboxylic acids is 1. The number of aryl methyl sites for hydroxylation is 1. The molecule has 0 bridgehead atoms. The minimum absolute atomic E-state index is 0.0296. The van der Waals surface area contributed by atoms with Crippen molar-refractivity contribution < 1.29 is 13.2 Å². The monoisotopic (exact) mass is 458 g/mol. The van der Waals surface area contributed by atoms with Gasteiger partial charge in [-0.05, 0) is 43.0 Å². The van der Waals surface area contributed by atoms with Gasteiger partial charge in [0.1, 0.15) is 5.25 Å². The minimum atomic E-state index is -3.82. The number of unbranched alkanes of at least 4 members (excludes halogenated alkanes) is 1. The van der Waals surface area contributed by atoms with Crippen LogP contribution in [-0.4, -0.2) is 29.9 Å². The van der Waals surface area contributed by atoms with Crippen molar-refractivity contribution >= 4 is 38.7 Å². The number of carbonyl (C=O) groups is 1. The number of fused-ring (bicyclic) bond motifs is 1. The summed E-state index contributed by atoms with van der Waals surface area (Å²) in [7, 11) is -3.82. The normalized spacial score (nSPS) is 15.2. The number of imidazole rings is 1. The molecule has 0 aliphatic heterocycles. The number of nitrogens with two attached hydrogens (primary N) is 1. The van der Waals surface area contributed by atoms with Crippen LogP contribution in [0.15, 0.2) is 58.6 Å². The van der Waals surface area contributed by atoms with Gasteiger partial charge in [0, 0.05) is 12.6 Å². The Hall–Kier alpha value is -2.36. The van der Waals surface area contributed by atoms with Crippen LogP contribution in [0.2, 0.25) is 0 Å². The molecule has 0 spiro atoms. The summed E-state index contributed by atoms with van der Waals surface area (Å²) < 4.78 is 25.6. The Morgan fingerprint density at radius 1 is 1.26 bits per heavy atom. The van der Waals surface area contributed by atoms with Gasteiger partial charge in [-0.3, -0.25) is 4.79 Å². The highest BCUT2D eigenvalue weighted by Crippen LogP contribution is 2.38. The van der Waals surface area contributed by atoms with Gasteiger partial charge >= 0.3 is 0 Å². The van der Waals surface area contributed by atoms with Crippen LogP contribution in [0, 0.1) is 0 Å². The Labute approximate surface area is 186 Å². The first-order valence-electron chi connectivity index (χ1n) is 10.4. The fourth-order valence-electron chi connectivity index (χ4n) is 3.40. The Kier molecular flexibility index (Phi) is 6.36. The van der Waals surface area contributed by atoms with Crippen molar-refractivity contribution in [3.05, 3.63) is 54.1 Å². The highest BCUT2D eigenvalue weighted by Gasteiger charge is 2.30. The maximum Gasteiger partial charge on any atom is 0.238 e. The van der Waals surface area contributed by atoms with E-state index in [0.717, 1.165) is 43.3 Å². The molecular formula is C22H26N4O3S2. The summed E-state index contributed by atoms with van der Waals surface area (Å²) in [6.45, 7) is 2.84. The van der Waals surface area contributed by atoms with Crippen LogP contribution in [0.5, 0.6) is 0 Å². The molecule has 4 rings (SSSR count). The second-order valence-corrected chi connectivity index (χ2v) is 10.4. The number of primary sulfonamides is 1. The average molecular weight is 459 g/mol. The standard InChI is InChI=1S/C22H26N4O3S2/c1-2-3-13-26-19-12-11-17(31(23,28)29)14-18(19)25-22(26)30-20(15-7-5-4-6-8-15)21(27)24-16-9-10-16/h4-8,11-12,14,16,20H,2-3,9-10,13H2,1H3,(H,24,27)(H2,23,28,29). The van der Waals surface area contributed by atoms with Crippen LogP contribution in [0.4, 0.5) is 0 Å². The Bertz CT molecular complexity index is 1190. The number of benzene rings is 2. The zero-order valence-electron chi connectivity index (χ0n) is 17.3. The van der Waals surface area contributed by atoms with E-state index in [1.54, 1.807) is 6.07 Å². The molecule has 1 aliphatic carbocycles. The molecule has 1 amide bonds. The van der Waals surface area contributed by atoms with E-state index in [1.807, 2.05) is 30.3 Å². The molecule has 1 saturated carbocycles.